The van der Waals surface area contributed by atoms with Crippen LogP contribution in [0.1, 0.15) is 36.1 Å². The molecule has 3 heterocycles. The quantitative estimate of drug-likeness (QED) is 0.625. The zero-order valence-electron chi connectivity index (χ0n) is 15.3. The van der Waals surface area contributed by atoms with E-state index in [1.165, 1.54) is 47.5 Å². The maximum atomic E-state index is 13.6. The van der Waals surface area contributed by atoms with Gasteiger partial charge in [0.25, 0.3) is 0 Å². The Bertz CT molecular complexity index is 913. The molecule has 4 rings (SSSR count). The van der Waals surface area contributed by atoms with Crippen molar-refractivity contribution < 1.29 is 4.39 Å². The Balaban J connectivity index is 0.00000196. The summed E-state index contributed by atoms with van der Waals surface area (Å²) in [6.45, 7) is 7.11. The van der Waals surface area contributed by atoms with Crippen LogP contribution in [-0.2, 0) is 6.54 Å². The van der Waals surface area contributed by atoms with E-state index in [4.69, 9.17) is 4.98 Å². The molecule has 0 spiro atoms. The molecule has 1 fully saturated rings. The molecule has 1 aliphatic heterocycles. The highest BCUT2D eigenvalue weighted by atomic mass is 35.5. The molecule has 0 bridgehead atoms. The molecule has 0 saturated carbocycles. The second-order valence-electron chi connectivity index (χ2n) is 7.00. The summed E-state index contributed by atoms with van der Waals surface area (Å²) in [6, 6.07) is 8.99. The first-order valence-electron chi connectivity index (χ1n) is 9.09. The standard InChI is InChI=1S/C21H24FN3.ClH/c1-15-16(2)25(14-17-7-6-8-18(22)13-17)20-19(15)9-10-23-21(20)24-11-4-3-5-12-24;/h6-10,13H,3-5,11-12,14H2,1-2H3;1H. The van der Waals surface area contributed by atoms with Gasteiger partial charge < -0.3 is 9.47 Å². The van der Waals surface area contributed by atoms with E-state index in [0.717, 1.165) is 24.5 Å². The van der Waals surface area contributed by atoms with Crippen molar-refractivity contribution in [3.05, 3.63) is 59.2 Å². The fourth-order valence-corrected chi connectivity index (χ4v) is 3.93. The maximum absolute atomic E-state index is 13.6. The largest absolute Gasteiger partial charge is 0.355 e. The molecule has 1 saturated heterocycles. The minimum Gasteiger partial charge on any atom is -0.355 e. The number of hydrogen-bond acceptors (Lipinski definition) is 2. The fourth-order valence-electron chi connectivity index (χ4n) is 3.93. The number of benzene rings is 1. The molecule has 1 aromatic carbocycles. The lowest BCUT2D eigenvalue weighted by Gasteiger charge is -2.28. The van der Waals surface area contributed by atoms with Gasteiger partial charge in [0.1, 0.15) is 5.82 Å². The number of nitrogens with zero attached hydrogens (tertiary/aromatic N) is 3. The zero-order chi connectivity index (χ0) is 17.4. The van der Waals surface area contributed by atoms with Crippen LogP contribution in [0.3, 0.4) is 0 Å². The van der Waals surface area contributed by atoms with Crippen LogP contribution in [0.5, 0.6) is 0 Å². The van der Waals surface area contributed by atoms with Crippen molar-refractivity contribution in [3.8, 4) is 0 Å². The smallest absolute Gasteiger partial charge is 0.153 e. The highest BCUT2D eigenvalue weighted by Crippen LogP contribution is 2.33. The SMILES string of the molecule is Cc1c(C)n(Cc2cccc(F)c2)c2c(N3CCCCC3)nccc12.Cl. The van der Waals surface area contributed by atoms with Crippen molar-refractivity contribution >= 4 is 29.1 Å². The van der Waals surface area contributed by atoms with E-state index in [1.807, 2.05) is 12.3 Å². The molecule has 0 N–H and O–H groups in total. The Morgan fingerprint density at radius 1 is 1.08 bits per heavy atom. The molecule has 2 aromatic heterocycles. The van der Waals surface area contributed by atoms with Gasteiger partial charge in [0.05, 0.1) is 5.52 Å². The Hall–Kier alpha value is -2.07. The van der Waals surface area contributed by atoms with E-state index >= 15 is 0 Å². The van der Waals surface area contributed by atoms with Gasteiger partial charge in [0.2, 0.25) is 0 Å². The molecule has 0 atom stereocenters. The average Bonchev–Trinajstić information content (AvgIpc) is 2.88. The van der Waals surface area contributed by atoms with E-state index in [2.05, 4.69) is 29.4 Å². The number of rotatable bonds is 3. The molecule has 0 radical (unpaired) electrons. The lowest BCUT2D eigenvalue weighted by atomic mass is 10.1. The summed E-state index contributed by atoms with van der Waals surface area (Å²) in [5.41, 5.74) is 4.68. The number of hydrogen-bond donors (Lipinski definition) is 0. The van der Waals surface area contributed by atoms with Crippen LogP contribution in [0, 0.1) is 19.7 Å². The third kappa shape index (κ3) is 3.30. The first-order valence-corrected chi connectivity index (χ1v) is 9.09. The summed E-state index contributed by atoms with van der Waals surface area (Å²) in [6.07, 6.45) is 5.67. The number of fused-ring (bicyclic) bond motifs is 1. The highest BCUT2D eigenvalue weighted by Gasteiger charge is 2.20. The predicted molar refractivity (Wildman–Crippen MR) is 108 cm³/mol. The Kier molecular flexibility index (Phi) is 5.52. The van der Waals surface area contributed by atoms with Gasteiger partial charge in [-0.1, -0.05) is 12.1 Å². The van der Waals surface area contributed by atoms with Gasteiger partial charge in [-0.05, 0) is 62.4 Å². The molecule has 0 amide bonds. The lowest BCUT2D eigenvalue weighted by molar-refractivity contribution is 0.573. The molecule has 1 aliphatic rings. The van der Waals surface area contributed by atoms with Crippen LogP contribution in [0.2, 0.25) is 0 Å². The number of anilines is 1. The summed E-state index contributed by atoms with van der Waals surface area (Å²) >= 11 is 0. The molecule has 5 heteroatoms. The Morgan fingerprint density at radius 2 is 1.85 bits per heavy atom. The van der Waals surface area contributed by atoms with E-state index in [9.17, 15) is 4.39 Å². The zero-order valence-corrected chi connectivity index (χ0v) is 16.2. The molecule has 3 aromatic rings. The monoisotopic (exact) mass is 373 g/mol. The summed E-state index contributed by atoms with van der Waals surface area (Å²) in [4.78, 5) is 7.15. The van der Waals surface area contributed by atoms with Crippen LogP contribution in [0.4, 0.5) is 10.2 Å². The van der Waals surface area contributed by atoms with Crippen molar-refractivity contribution in [3.63, 3.8) is 0 Å². The number of pyridine rings is 1. The van der Waals surface area contributed by atoms with Gasteiger partial charge in [-0.3, -0.25) is 0 Å². The van der Waals surface area contributed by atoms with Crippen LogP contribution >= 0.6 is 12.4 Å². The van der Waals surface area contributed by atoms with Gasteiger partial charge in [-0.15, -0.1) is 12.4 Å². The molecule has 26 heavy (non-hydrogen) atoms. The Morgan fingerprint density at radius 3 is 2.58 bits per heavy atom. The molecule has 3 nitrogen and oxygen atoms in total. The normalized spacial score (nSPS) is 14.5. The van der Waals surface area contributed by atoms with Crippen molar-refractivity contribution in [2.45, 2.75) is 39.7 Å². The Labute approximate surface area is 160 Å². The number of aromatic nitrogens is 2. The molecular weight excluding hydrogens is 349 g/mol. The third-order valence-corrected chi connectivity index (χ3v) is 5.41. The summed E-state index contributed by atoms with van der Waals surface area (Å²) in [5, 5.41) is 1.25. The number of aryl methyl sites for hydroxylation is 1. The van der Waals surface area contributed by atoms with E-state index in [-0.39, 0.29) is 18.2 Å². The number of halogens is 2. The second kappa shape index (κ2) is 7.67. The maximum Gasteiger partial charge on any atom is 0.153 e. The van der Waals surface area contributed by atoms with Gasteiger partial charge in [-0.2, -0.15) is 0 Å². The van der Waals surface area contributed by atoms with Gasteiger partial charge in [-0.25, -0.2) is 9.37 Å². The van der Waals surface area contributed by atoms with Gasteiger partial charge >= 0.3 is 0 Å². The topological polar surface area (TPSA) is 21.1 Å². The number of piperidine rings is 1. The highest BCUT2D eigenvalue weighted by molar-refractivity contribution is 5.93. The minimum absolute atomic E-state index is 0. The van der Waals surface area contributed by atoms with Crippen molar-refractivity contribution in [2.75, 3.05) is 18.0 Å². The van der Waals surface area contributed by atoms with Gasteiger partial charge in [0, 0.05) is 36.9 Å². The van der Waals surface area contributed by atoms with Crippen molar-refractivity contribution in [2.24, 2.45) is 0 Å². The minimum atomic E-state index is -0.183. The molecular formula is C21H25ClFN3. The van der Waals surface area contributed by atoms with Crippen LogP contribution < -0.4 is 4.90 Å². The predicted octanol–water partition coefficient (Wildman–Crippen LogP) is 5.25. The first-order chi connectivity index (χ1) is 12.1. The third-order valence-electron chi connectivity index (χ3n) is 5.41. The summed E-state index contributed by atoms with van der Waals surface area (Å²) < 4.78 is 15.9. The molecule has 0 aliphatic carbocycles. The first kappa shape index (κ1) is 18.7. The van der Waals surface area contributed by atoms with E-state index in [1.54, 1.807) is 12.1 Å². The second-order valence-corrected chi connectivity index (χ2v) is 7.00. The van der Waals surface area contributed by atoms with E-state index < -0.39 is 0 Å². The average molecular weight is 374 g/mol. The van der Waals surface area contributed by atoms with Gasteiger partial charge in [0.15, 0.2) is 5.82 Å². The summed E-state index contributed by atoms with van der Waals surface area (Å²) in [5.74, 6) is 0.891. The van der Waals surface area contributed by atoms with E-state index in [0.29, 0.717) is 6.54 Å². The molecule has 0 unspecified atom stereocenters. The summed E-state index contributed by atoms with van der Waals surface area (Å²) in [7, 11) is 0. The van der Waals surface area contributed by atoms with Crippen LogP contribution in [-0.4, -0.2) is 22.6 Å². The lowest BCUT2D eigenvalue weighted by Crippen LogP contribution is -2.30. The van der Waals surface area contributed by atoms with Crippen molar-refractivity contribution in [1.82, 2.24) is 9.55 Å². The van der Waals surface area contributed by atoms with Crippen molar-refractivity contribution in [1.29, 1.82) is 0 Å². The molecule has 138 valence electrons. The fraction of sp³-hybridized carbons (Fsp3) is 0.381. The van der Waals surface area contributed by atoms with Crippen LogP contribution in [0.15, 0.2) is 36.5 Å². The van der Waals surface area contributed by atoms with Crippen LogP contribution in [0.25, 0.3) is 10.9 Å².